The maximum absolute atomic E-state index is 13.7. The van der Waals surface area contributed by atoms with Crippen LogP contribution < -0.4 is 5.32 Å². The summed E-state index contributed by atoms with van der Waals surface area (Å²) >= 11 is 1.15. The zero-order chi connectivity index (χ0) is 15.6. The molecule has 0 aliphatic carbocycles. The molecule has 0 bridgehead atoms. The summed E-state index contributed by atoms with van der Waals surface area (Å²) in [5.74, 6) is -1.28. The number of aromatic nitrogens is 2. The van der Waals surface area contributed by atoms with Gasteiger partial charge in [0.15, 0.2) is 0 Å². The van der Waals surface area contributed by atoms with Gasteiger partial charge in [0, 0.05) is 0 Å². The first-order chi connectivity index (χ1) is 9.88. The maximum atomic E-state index is 13.7. The lowest BCUT2D eigenvalue weighted by Gasteiger charge is -2.17. The number of aryl methyl sites for hydroxylation is 1. The quantitative estimate of drug-likeness (QED) is 0.876. The van der Waals surface area contributed by atoms with Crippen molar-refractivity contribution < 1.29 is 17.6 Å². The maximum Gasteiger partial charge on any atom is 0.419 e. The van der Waals surface area contributed by atoms with Gasteiger partial charge in [0.1, 0.15) is 5.82 Å². The molecule has 21 heavy (non-hydrogen) atoms. The predicted molar refractivity (Wildman–Crippen MR) is 71.6 cm³/mol. The Hall–Kier alpha value is -1.54. The number of alkyl halides is 3. The predicted octanol–water partition coefficient (Wildman–Crippen LogP) is 3.57. The zero-order valence-electron chi connectivity index (χ0n) is 11.3. The molecule has 0 aliphatic heterocycles. The Morgan fingerprint density at radius 3 is 2.57 bits per heavy atom. The molecule has 0 spiro atoms. The third-order valence-electron chi connectivity index (χ3n) is 3.10. The fraction of sp³-hybridized carbons (Fsp3) is 0.385. The topological polar surface area (TPSA) is 37.8 Å². The van der Waals surface area contributed by atoms with E-state index < -0.39 is 23.6 Å². The molecule has 0 saturated heterocycles. The molecule has 0 fully saturated rings. The molecule has 1 aromatic heterocycles. The summed E-state index contributed by atoms with van der Waals surface area (Å²) in [6.07, 6.45) is -4.05. The monoisotopic (exact) mass is 319 g/mol. The van der Waals surface area contributed by atoms with E-state index in [1.165, 1.54) is 6.07 Å². The van der Waals surface area contributed by atoms with Gasteiger partial charge in [0.2, 0.25) is 0 Å². The fourth-order valence-corrected chi connectivity index (χ4v) is 2.95. The highest BCUT2D eigenvalue weighted by atomic mass is 32.1. The first kappa shape index (κ1) is 15.8. The first-order valence-electron chi connectivity index (χ1n) is 6.23. The summed E-state index contributed by atoms with van der Waals surface area (Å²) in [4.78, 5) is 0.777. The van der Waals surface area contributed by atoms with E-state index in [2.05, 4.69) is 14.9 Å². The molecule has 2 aromatic rings. The van der Waals surface area contributed by atoms with Gasteiger partial charge >= 0.3 is 6.18 Å². The van der Waals surface area contributed by atoms with Gasteiger partial charge in [-0.15, -0.1) is 5.10 Å². The summed E-state index contributed by atoms with van der Waals surface area (Å²) in [7, 11) is 1.65. The lowest BCUT2D eigenvalue weighted by Crippen LogP contribution is -2.19. The van der Waals surface area contributed by atoms with E-state index in [1.807, 2.05) is 6.92 Å². The molecule has 8 heteroatoms. The summed E-state index contributed by atoms with van der Waals surface area (Å²) in [5.41, 5.74) is -0.109. The van der Waals surface area contributed by atoms with Crippen LogP contribution in [-0.2, 0) is 12.6 Å². The van der Waals surface area contributed by atoms with Crippen LogP contribution in [0.5, 0.6) is 0 Å². The van der Waals surface area contributed by atoms with Gasteiger partial charge in [-0.05, 0) is 42.7 Å². The van der Waals surface area contributed by atoms with Crippen molar-refractivity contribution in [3.05, 3.63) is 45.7 Å². The van der Waals surface area contributed by atoms with Crippen molar-refractivity contribution in [3.63, 3.8) is 0 Å². The van der Waals surface area contributed by atoms with Crippen molar-refractivity contribution in [3.8, 4) is 0 Å². The zero-order valence-corrected chi connectivity index (χ0v) is 12.1. The highest BCUT2D eigenvalue weighted by molar-refractivity contribution is 7.05. The van der Waals surface area contributed by atoms with Gasteiger partial charge in [-0.2, -0.15) is 13.2 Å². The summed E-state index contributed by atoms with van der Waals surface area (Å²) < 4.78 is 55.3. The molecule has 0 saturated carbocycles. The van der Waals surface area contributed by atoms with Crippen LogP contribution in [0, 0.1) is 5.82 Å². The van der Waals surface area contributed by atoms with Crippen molar-refractivity contribution >= 4 is 11.5 Å². The summed E-state index contributed by atoms with van der Waals surface area (Å²) in [6.45, 7) is 1.90. The van der Waals surface area contributed by atoms with Crippen molar-refractivity contribution in [1.29, 1.82) is 0 Å². The Morgan fingerprint density at radius 1 is 1.33 bits per heavy atom. The number of nitrogens with zero attached hydrogens (tertiary/aromatic N) is 2. The molecule has 0 radical (unpaired) electrons. The molecule has 2 rings (SSSR count). The average Bonchev–Trinajstić information content (AvgIpc) is 2.86. The van der Waals surface area contributed by atoms with E-state index in [4.69, 9.17) is 0 Å². The fourth-order valence-electron chi connectivity index (χ4n) is 2.07. The lowest BCUT2D eigenvalue weighted by atomic mass is 10.0. The molecule has 1 heterocycles. The molecule has 0 amide bonds. The molecule has 1 aromatic carbocycles. The number of benzene rings is 1. The van der Waals surface area contributed by atoms with Crippen LogP contribution in [0.15, 0.2) is 18.2 Å². The molecular formula is C13H13F4N3S. The van der Waals surface area contributed by atoms with E-state index in [0.717, 1.165) is 34.2 Å². The summed E-state index contributed by atoms with van der Waals surface area (Å²) in [6, 6.07) is 2.50. The molecule has 1 N–H and O–H groups in total. The van der Waals surface area contributed by atoms with Gasteiger partial charge in [0.25, 0.3) is 0 Å². The molecule has 114 valence electrons. The minimum Gasteiger partial charge on any atom is -0.309 e. The third kappa shape index (κ3) is 3.21. The van der Waals surface area contributed by atoms with E-state index in [0.29, 0.717) is 12.0 Å². The van der Waals surface area contributed by atoms with Gasteiger partial charge in [-0.3, -0.25) is 0 Å². The molecule has 1 atom stereocenters. The first-order valence-corrected chi connectivity index (χ1v) is 7.00. The second kappa shape index (κ2) is 6.07. The van der Waals surface area contributed by atoms with Crippen molar-refractivity contribution in [2.45, 2.75) is 25.6 Å². The van der Waals surface area contributed by atoms with Gasteiger partial charge in [-0.1, -0.05) is 17.5 Å². The Balaban J connectivity index is 2.43. The number of halogens is 4. The Bertz CT molecular complexity index is 624. The van der Waals surface area contributed by atoms with Gasteiger partial charge in [-0.25, -0.2) is 4.39 Å². The van der Waals surface area contributed by atoms with E-state index in [9.17, 15) is 17.6 Å². The van der Waals surface area contributed by atoms with Crippen molar-refractivity contribution in [2.24, 2.45) is 0 Å². The second-order valence-electron chi connectivity index (χ2n) is 4.40. The second-order valence-corrected chi connectivity index (χ2v) is 5.18. The van der Waals surface area contributed by atoms with Crippen molar-refractivity contribution in [2.75, 3.05) is 7.05 Å². The van der Waals surface area contributed by atoms with E-state index in [-0.39, 0.29) is 0 Å². The minimum atomic E-state index is -4.70. The van der Waals surface area contributed by atoms with Crippen LogP contribution in [0.2, 0.25) is 0 Å². The minimum absolute atomic E-state index is 0.406. The summed E-state index contributed by atoms with van der Waals surface area (Å²) in [5, 5.41) is 6.93. The highest BCUT2D eigenvalue weighted by Crippen LogP contribution is 2.34. The SMILES string of the molecule is CCc1nnsc1C(NC)c1ccc(C(F)(F)F)c(F)c1. The molecule has 0 aliphatic rings. The van der Waals surface area contributed by atoms with Crippen LogP contribution in [0.25, 0.3) is 0 Å². The van der Waals surface area contributed by atoms with Gasteiger partial charge < -0.3 is 5.32 Å². The lowest BCUT2D eigenvalue weighted by molar-refractivity contribution is -0.140. The number of hydrogen-bond donors (Lipinski definition) is 1. The number of nitrogens with one attached hydrogen (secondary N) is 1. The average molecular weight is 319 g/mol. The number of rotatable bonds is 4. The Morgan fingerprint density at radius 2 is 2.05 bits per heavy atom. The van der Waals surface area contributed by atoms with Gasteiger partial charge in [0.05, 0.1) is 22.2 Å². The normalized spacial score (nSPS) is 13.4. The Kier molecular flexibility index (Phi) is 4.58. The highest BCUT2D eigenvalue weighted by Gasteiger charge is 2.34. The van der Waals surface area contributed by atoms with E-state index in [1.54, 1.807) is 7.05 Å². The van der Waals surface area contributed by atoms with Crippen LogP contribution in [0.1, 0.15) is 34.7 Å². The van der Waals surface area contributed by atoms with Crippen LogP contribution in [0.4, 0.5) is 17.6 Å². The Labute approximate surface area is 123 Å². The smallest absolute Gasteiger partial charge is 0.309 e. The molecular weight excluding hydrogens is 306 g/mol. The standard InChI is InChI=1S/C13H13F4N3S/c1-3-10-12(21-20-19-10)11(18-2)7-4-5-8(9(14)6-7)13(15,16)17/h4-6,11,18H,3H2,1-2H3. The largest absolute Gasteiger partial charge is 0.419 e. The third-order valence-corrected chi connectivity index (χ3v) is 3.93. The van der Waals surface area contributed by atoms with Crippen molar-refractivity contribution in [1.82, 2.24) is 14.9 Å². The van der Waals surface area contributed by atoms with Crippen LogP contribution in [0.3, 0.4) is 0 Å². The molecule has 3 nitrogen and oxygen atoms in total. The van der Waals surface area contributed by atoms with E-state index >= 15 is 0 Å². The number of hydrogen-bond acceptors (Lipinski definition) is 4. The molecule has 1 unspecified atom stereocenters. The van der Waals surface area contributed by atoms with Crippen LogP contribution >= 0.6 is 11.5 Å². The van der Waals surface area contributed by atoms with Crippen LogP contribution in [-0.4, -0.2) is 16.6 Å².